The Morgan fingerprint density at radius 2 is 1.65 bits per heavy atom. The smallest absolute Gasteiger partial charge is 0.131 e. The lowest BCUT2D eigenvalue weighted by atomic mass is 10.1. The van der Waals surface area contributed by atoms with E-state index in [0.29, 0.717) is 5.56 Å². The van der Waals surface area contributed by atoms with Crippen LogP contribution in [0.25, 0.3) is 11.9 Å². The molecule has 1 nitrogen and oxygen atoms in total. The van der Waals surface area contributed by atoms with Crippen molar-refractivity contribution in [3.8, 4) is 5.75 Å². The molecule has 0 saturated carbocycles. The molecule has 0 saturated heterocycles. The summed E-state index contributed by atoms with van der Waals surface area (Å²) in [6.07, 6.45) is 1.52. The van der Waals surface area contributed by atoms with Gasteiger partial charge in [0.05, 0.1) is 7.11 Å². The summed E-state index contributed by atoms with van der Waals surface area (Å²) in [6, 6.07) is 16.3. The summed E-state index contributed by atoms with van der Waals surface area (Å²) in [5.41, 5.74) is 1.40. The Morgan fingerprint density at radius 1 is 1.00 bits per heavy atom. The maximum atomic E-state index is 13.9. The zero-order valence-electron chi connectivity index (χ0n) is 9.56. The van der Waals surface area contributed by atoms with Gasteiger partial charge in [-0.15, -0.1) is 0 Å². The van der Waals surface area contributed by atoms with E-state index in [1.54, 1.807) is 31.4 Å². The largest absolute Gasteiger partial charge is 0.497 e. The van der Waals surface area contributed by atoms with E-state index in [0.717, 1.165) is 11.3 Å². The molecule has 0 fully saturated rings. The average Bonchev–Trinajstić information content (AvgIpc) is 2.40. The molecule has 0 spiro atoms. The second-order valence-electron chi connectivity index (χ2n) is 3.63. The fraction of sp³-hybridized carbons (Fsp3) is 0.0667. The Morgan fingerprint density at radius 3 is 2.24 bits per heavy atom. The average molecular weight is 228 g/mol. The Hall–Kier alpha value is -2.09. The van der Waals surface area contributed by atoms with Gasteiger partial charge in [-0.1, -0.05) is 30.3 Å². The van der Waals surface area contributed by atoms with Crippen molar-refractivity contribution in [2.24, 2.45) is 0 Å². The Kier molecular flexibility index (Phi) is 3.55. The van der Waals surface area contributed by atoms with Crippen LogP contribution >= 0.6 is 0 Å². The summed E-state index contributed by atoms with van der Waals surface area (Å²) >= 11 is 0. The molecule has 17 heavy (non-hydrogen) atoms. The van der Waals surface area contributed by atoms with E-state index < -0.39 is 0 Å². The third-order valence-electron chi connectivity index (χ3n) is 2.46. The molecule has 0 heterocycles. The number of hydrogen-bond acceptors (Lipinski definition) is 1. The fourth-order valence-corrected chi connectivity index (χ4v) is 1.53. The van der Waals surface area contributed by atoms with E-state index in [-0.39, 0.29) is 5.83 Å². The summed E-state index contributed by atoms with van der Waals surface area (Å²) < 4.78 is 18.9. The first-order chi connectivity index (χ1) is 8.29. The Labute approximate surface area is 100 Å². The molecule has 0 bridgehead atoms. The molecule has 2 heteroatoms. The number of hydrogen-bond donors (Lipinski definition) is 0. The van der Waals surface area contributed by atoms with Crippen molar-refractivity contribution in [1.29, 1.82) is 0 Å². The van der Waals surface area contributed by atoms with Gasteiger partial charge < -0.3 is 4.74 Å². The molecule has 2 aromatic rings. The molecule has 0 radical (unpaired) electrons. The van der Waals surface area contributed by atoms with Crippen molar-refractivity contribution in [3.63, 3.8) is 0 Å². The van der Waals surface area contributed by atoms with Gasteiger partial charge in [0.1, 0.15) is 11.6 Å². The minimum Gasteiger partial charge on any atom is -0.497 e. The van der Waals surface area contributed by atoms with E-state index in [1.165, 1.54) is 6.08 Å². The van der Waals surface area contributed by atoms with Crippen molar-refractivity contribution < 1.29 is 9.13 Å². The summed E-state index contributed by atoms with van der Waals surface area (Å²) in [6.45, 7) is 0. The normalized spacial score (nSPS) is 11.3. The van der Waals surface area contributed by atoms with E-state index in [1.807, 2.05) is 30.3 Å². The van der Waals surface area contributed by atoms with Crippen LogP contribution < -0.4 is 4.74 Å². The van der Waals surface area contributed by atoms with Crippen LogP contribution in [0.5, 0.6) is 5.75 Å². The summed E-state index contributed by atoms with van der Waals surface area (Å²) in [4.78, 5) is 0. The zero-order valence-corrected chi connectivity index (χ0v) is 9.56. The van der Waals surface area contributed by atoms with Crippen LogP contribution in [0.3, 0.4) is 0 Å². The first-order valence-electron chi connectivity index (χ1n) is 5.36. The Balaban J connectivity index is 2.24. The van der Waals surface area contributed by atoms with Gasteiger partial charge in [-0.05, 0) is 35.9 Å². The minimum absolute atomic E-state index is 0.251. The zero-order chi connectivity index (χ0) is 12.1. The number of ether oxygens (including phenoxy) is 1. The number of rotatable bonds is 3. The highest BCUT2D eigenvalue weighted by Crippen LogP contribution is 2.21. The quantitative estimate of drug-likeness (QED) is 0.717. The van der Waals surface area contributed by atoms with E-state index in [9.17, 15) is 4.39 Å². The molecule has 0 aromatic heterocycles. The van der Waals surface area contributed by atoms with Crippen LogP contribution in [0, 0.1) is 0 Å². The van der Waals surface area contributed by atoms with Crippen molar-refractivity contribution >= 4 is 11.9 Å². The van der Waals surface area contributed by atoms with Gasteiger partial charge in [0.2, 0.25) is 0 Å². The van der Waals surface area contributed by atoms with Gasteiger partial charge in [-0.25, -0.2) is 4.39 Å². The highest BCUT2D eigenvalue weighted by Gasteiger charge is 2.00. The molecule has 2 aromatic carbocycles. The molecule has 0 N–H and O–H groups in total. The number of methoxy groups -OCH3 is 1. The Bertz CT molecular complexity index is 500. The molecule has 0 aliphatic rings. The molecule has 0 atom stereocenters. The molecule has 86 valence electrons. The lowest BCUT2D eigenvalue weighted by molar-refractivity contribution is 0.414. The van der Waals surface area contributed by atoms with E-state index in [2.05, 4.69) is 0 Å². The van der Waals surface area contributed by atoms with Crippen molar-refractivity contribution in [3.05, 3.63) is 65.7 Å². The second kappa shape index (κ2) is 5.30. The van der Waals surface area contributed by atoms with E-state index >= 15 is 0 Å². The van der Waals surface area contributed by atoms with E-state index in [4.69, 9.17) is 4.74 Å². The molecular weight excluding hydrogens is 215 g/mol. The maximum Gasteiger partial charge on any atom is 0.131 e. The lowest BCUT2D eigenvalue weighted by Gasteiger charge is -2.01. The lowest BCUT2D eigenvalue weighted by Crippen LogP contribution is -1.83. The number of halogens is 1. The van der Waals surface area contributed by atoms with Crippen LogP contribution in [0.2, 0.25) is 0 Å². The van der Waals surface area contributed by atoms with Crippen molar-refractivity contribution in [2.75, 3.05) is 7.11 Å². The van der Waals surface area contributed by atoms with Gasteiger partial charge in [0.25, 0.3) is 0 Å². The second-order valence-corrected chi connectivity index (χ2v) is 3.63. The minimum atomic E-state index is -0.251. The van der Waals surface area contributed by atoms with Crippen LogP contribution in [0.4, 0.5) is 4.39 Å². The van der Waals surface area contributed by atoms with Crippen molar-refractivity contribution in [1.82, 2.24) is 0 Å². The van der Waals surface area contributed by atoms with Crippen LogP contribution in [0.15, 0.2) is 54.6 Å². The third-order valence-corrected chi connectivity index (χ3v) is 2.46. The maximum absolute atomic E-state index is 13.9. The molecule has 0 aliphatic heterocycles. The summed E-state index contributed by atoms with van der Waals surface area (Å²) in [5, 5.41) is 0. The van der Waals surface area contributed by atoms with Crippen LogP contribution in [-0.2, 0) is 0 Å². The standard InChI is InChI=1S/C15H13FO/c1-17-14-9-7-13(8-10-14)15(16)11-12-5-3-2-4-6-12/h2-11H,1H3/b15-11+. The fourth-order valence-electron chi connectivity index (χ4n) is 1.53. The van der Waals surface area contributed by atoms with Gasteiger partial charge in [0, 0.05) is 5.56 Å². The molecule has 0 unspecified atom stereocenters. The number of benzene rings is 2. The first-order valence-corrected chi connectivity index (χ1v) is 5.36. The summed E-state index contributed by atoms with van der Waals surface area (Å²) in [5.74, 6) is 0.472. The molecule has 2 rings (SSSR count). The monoisotopic (exact) mass is 228 g/mol. The van der Waals surface area contributed by atoms with Crippen molar-refractivity contribution in [2.45, 2.75) is 0 Å². The molecule has 0 aliphatic carbocycles. The topological polar surface area (TPSA) is 9.23 Å². The molecular formula is C15H13FO. The highest BCUT2D eigenvalue weighted by molar-refractivity contribution is 5.76. The summed E-state index contributed by atoms with van der Waals surface area (Å²) in [7, 11) is 1.59. The first kappa shape index (κ1) is 11.4. The predicted molar refractivity (Wildman–Crippen MR) is 68.4 cm³/mol. The van der Waals surface area contributed by atoms with Crippen LogP contribution in [-0.4, -0.2) is 7.11 Å². The van der Waals surface area contributed by atoms with Gasteiger partial charge >= 0.3 is 0 Å². The van der Waals surface area contributed by atoms with Gasteiger partial charge in [-0.2, -0.15) is 0 Å². The molecule has 0 amide bonds. The van der Waals surface area contributed by atoms with Gasteiger partial charge in [-0.3, -0.25) is 0 Å². The van der Waals surface area contributed by atoms with Gasteiger partial charge in [0.15, 0.2) is 0 Å². The third kappa shape index (κ3) is 2.94. The SMILES string of the molecule is COc1ccc(/C(F)=C\c2ccccc2)cc1. The highest BCUT2D eigenvalue weighted by atomic mass is 19.1. The van der Waals surface area contributed by atoms with Crippen LogP contribution in [0.1, 0.15) is 11.1 Å². The predicted octanol–water partition coefficient (Wildman–Crippen LogP) is 4.16.